The van der Waals surface area contributed by atoms with Gasteiger partial charge in [0.1, 0.15) is 0 Å². The fourth-order valence-corrected chi connectivity index (χ4v) is 6.12. The van der Waals surface area contributed by atoms with E-state index in [2.05, 4.69) is 81.2 Å². The molecule has 0 unspecified atom stereocenters. The third kappa shape index (κ3) is 6.07. The van der Waals surface area contributed by atoms with Gasteiger partial charge >= 0.3 is 0 Å². The molecule has 2 aliphatic carbocycles. The smallest absolute Gasteiger partial charge is 0.227 e. The summed E-state index contributed by atoms with van der Waals surface area (Å²) in [6, 6.07) is 22.5. The van der Waals surface area contributed by atoms with Gasteiger partial charge in [-0.3, -0.25) is 0 Å². The summed E-state index contributed by atoms with van der Waals surface area (Å²) < 4.78 is 2.27. The molecule has 204 valence electrons. The Balaban J connectivity index is 1.19. The van der Waals surface area contributed by atoms with Gasteiger partial charge in [0.25, 0.3) is 0 Å². The van der Waals surface area contributed by atoms with Crippen LogP contribution in [-0.2, 0) is 0 Å². The van der Waals surface area contributed by atoms with Crippen molar-refractivity contribution in [1.29, 1.82) is 0 Å². The van der Waals surface area contributed by atoms with Gasteiger partial charge < -0.3 is 26.3 Å². The first-order chi connectivity index (χ1) is 19.2. The van der Waals surface area contributed by atoms with Gasteiger partial charge in [-0.05, 0) is 49.7 Å². The molecule has 2 aromatic carbocycles. The quantitative estimate of drug-likeness (QED) is 0.205. The molecule has 0 atom stereocenters. The molecule has 8 nitrogen and oxygen atoms in total. The molecule has 2 aromatic heterocycles. The van der Waals surface area contributed by atoms with Crippen molar-refractivity contribution in [2.45, 2.75) is 75.5 Å². The highest BCUT2D eigenvalue weighted by Gasteiger charge is 2.24. The van der Waals surface area contributed by atoms with Crippen molar-refractivity contribution in [3.63, 3.8) is 0 Å². The van der Waals surface area contributed by atoms with E-state index in [9.17, 15) is 0 Å². The summed E-state index contributed by atoms with van der Waals surface area (Å²) in [5.74, 6) is 1.48. The number of aromatic nitrogens is 4. The van der Waals surface area contributed by atoms with E-state index in [0.717, 1.165) is 55.8 Å². The van der Waals surface area contributed by atoms with E-state index in [1.54, 1.807) is 0 Å². The molecule has 2 saturated carbocycles. The lowest BCUT2D eigenvalue weighted by atomic mass is 9.92. The number of nitrogens with zero attached hydrogens (tertiary/aromatic N) is 4. The minimum atomic E-state index is 0.121. The second-order valence-corrected chi connectivity index (χ2v) is 11.0. The van der Waals surface area contributed by atoms with Crippen LogP contribution >= 0.6 is 0 Å². The van der Waals surface area contributed by atoms with Crippen LogP contribution in [0, 0.1) is 0 Å². The van der Waals surface area contributed by atoms with Crippen LogP contribution in [0.25, 0.3) is 11.2 Å². The first kappa shape index (κ1) is 25.8. The average molecular weight is 525 g/mol. The molecule has 0 radical (unpaired) electrons. The predicted octanol–water partition coefficient (Wildman–Crippen LogP) is 5.41. The van der Waals surface area contributed by atoms with Crippen LogP contribution in [0.5, 0.6) is 0 Å². The third-order valence-corrected chi connectivity index (χ3v) is 8.28. The zero-order valence-corrected chi connectivity index (χ0v) is 22.6. The van der Waals surface area contributed by atoms with Gasteiger partial charge in [0, 0.05) is 31.2 Å². The summed E-state index contributed by atoms with van der Waals surface area (Å²) >= 11 is 0. The zero-order chi connectivity index (χ0) is 26.4. The lowest BCUT2D eigenvalue weighted by Gasteiger charge is -2.27. The van der Waals surface area contributed by atoms with Crippen molar-refractivity contribution >= 4 is 22.9 Å². The van der Waals surface area contributed by atoms with Crippen LogP contribution in [0.4, 0.5) is 11.8 Å². The van der Waals surface area contributed by atoms with Crippen molar-refractivity contribution in [3.05, 3.63) is 78.1 Å². The molecule has 0 saturated heterocycles. The van der Waals surface area contributed by atoms with E-state index in [0.29, 0.717) is 24.1 Å². The molecule has 39 heavy (non-hydrogen) atoms. The highest BCUT2D eigenvalue weighted by atomic mass is 15.2. The first-order valence-corrected chi connectivity index (χ1v) is 14.6. The van der Waals surface area contributed by atoms with E-state index >= 15 is 0 Å². The minimum absolute atomic E-state index is 0.121. The van der Waals surface area contributed by atoms with E-state index in [-0.39, 0.29) is 6.04 Å². The first-order valence-electron chi connectivity index (χ1n) is 14.6. The number of fused-ring (bicyclic) bond motifs is 1. The maximum Gasteiger partial charge on any atom is 0.227 e. The summed E-state index contributed by atoms with van der Waals surface area (Å²) in [5.41, 5.74) is 10.4. The van der Waals surface area contributed by atoms with Crippen molar-refractivity contribution < 1.29 is 0 Å². The second kappa shape index (κ2) is 12.1. The molecule has 8 heteroatoms. The normalized spacial score (nSPS) is 20.1. The molecule has 0 spiro atoms. The van der Waals surface area contributed by atoms with Crippen molar-refractivity contribution in [1.82, 2.24) is 24.8 Å². The number of nitrogens with one attached hydrogen (secondary N) is 3. The van der Waals surface area contributed by atoms with E-state index < -0.39 is 0 Å². The van der Waals surface area contributed by atoms with Crippen LogP contribution < -0.4 is 21.7 Å². The Morgan fingerprint density at radius 2 is 1.49 bits per heavy atom. The SMILES string of the molecule is N[C@H]1CC[C@H](Nc2nc(NCCNC(c3ccccc3)c3ccccc3)c3ncn(C4CCCC4)c3n2)CC1. The fraction of sp³-hybridized carbons (Fsp3) is 0.452. The number of nitrogens with two attached hydrogens (primary N) is 1. The largest absolute Gasteiger partial charge is 0.367 e. The molecule has 5 N–H and O–H groups in total. The topological polar surface area (TPSA) is 106 Å². The van der Waals surface area contributed by atoms with E-state index in [1.165, 1.54) is 36.8 Å². The number of anilines is 2. The highest BCUT2D eigenvalue weighted by Crippen LogP contribution is 2.33. The Morgan fingerprint density at radius 1 is 0.821 bits per heavy atom. The van der Waals surface area contributed by atoms with Crippen LogP contribution in [-0.4, -0.2) is 44.7 Å². The predicted molar refractivity (Wildman–Crippen MR) is 158 cm³/mol. The Labute approximate surface area is 230 Å². The number of imidazole rings is 1. The fourth-order valence-electron chi connectivity index (χ4n) is 6.12. The minimum Gasteiger partial charge on any atom is -0.367 e. The van der Waals surface area contributed by atoms with Gasteiger partial charge in [-0.15, -0.1) is 0 Å². The van der Waals surface area contributed by atoms with Gasteiger partial charge in [-0.2, -0.15) is 9.97 Å². The summed E-state index contributed by atoms with van der Waals surface area (Å²) in [4.78, 5) is 14.7. The number of hydrogen-bond donors (Lipinski definition) is 4. The summed E-state index contributed by atoms with van der Waals surface area (Å²) in [5, 5.41) is 10.9. The van der Waals surface area contributed by atoms with Crippen molar-refractivity contribution in [3.8, 4) is 0 Å². The standard InChI is InChI=1S/C31H40N8/c32-24-15-17-25(18-16-24)36-31-37-29(28-30(38-31)39(21-35-28)26-13-7-8-14-26)34-20-19-33-27(22-9-3-1-4-10-22)23-11-5-2-6-12-23/h1-6,9-12,21,24-27,33H,7-8,13-20,32H2,(H2,34,36,37,38)/t24-,25-. The number of hydrogen-bond acceptors (Lipinski definition) is 7. The van der Waals surface area contributed by atoms with Gasteiger partial charge in [0.15, 0.2) is 17.0 Å². The molecule has 2 fully saturated rings. The Kier molecular flexibility index (Phi) is 8.02. The summed E-state index contributed by atoms with van der Waals surface area (Å²) in [6.45, 7) is 1.49. The van der Waals surface area contributed by atoms with Gasteiger partial charge in [-0.25, -0.2) is 4.98 Å². The highest BCUT2D eigenvalue weighted by molar-refractivity contribution is 5.84. The molecule has 0 amide bonds. The molecule has 0 bridgehead atoms. The lowest BCUT2D eigenvalue weighted by Crippen LogP contribution is -2.33. The maximum atomic E-state index is 6.14. The molecule has 0 aliphatic heterocycles. The Morgan fingerprint density at radius 3 is 2.15 bits per heavy atom. The summed E-state index contributed by atoms with van der Waals surface area (Å²) in [6.07, 6.45) is 11.1. The molecular formula is C31H40N8. The number of rotatable bonds is 10. The van der Waals surface area contributed by atoms with Gasteiger partial charge in [-0.1, -0.05) is 73.5 Å². The molecule has 4 aromatic rings. The summed E-state index contributed by atoms with van der Waals surface area (Å²) in [7, 11) is 0. The molecule has 2 aliphatic rings. The van der Waals surface area contributed by atoms with Gasteiger partial charge in [0.2, 0.25) is 5.95 Å². The second-order valence-electron chi connectivity index (χ2n) is 11.0. The van der Waals surface area contributed by atoms with Crippen LogP contribution in [0.15, 0.2) is 67.0 Å². The average Bonchev–Trinajstić information content (AvgIpc) is 3.66. The molecular weight excluding hydrogens is 484 g/mol. The monoisotopic (exact) mass is 524 g/mol. The van der Waals surface area contributed by atoms with Crippen molar-refractivity contribution in [2.75, 3.05) is 23.7 Å². The van der Waals surface area contributed by atoms with E-state index in [1.807, 2.05) is 6.33 Å². The Hall–Kier alpha value is -3.49. The van der Waals surface area contributed by atoms with Crippen molar-refractivity contribution in [2.24, 2.45) is 5.73 Å². The van der Waals surface area contributed by atoms with Crippen LogP contribution in [0.1, 0.15) is 74.6 Å². The van der Waals surface area contributed by atoms with Crippen LogP contribution in [0.3, 0.4) is 0 Å². The molecule has 6 rings (SSSR count). The zero-order valence-electron chi connectivity index (χ0n) is 22.6. The van der Waals surface area contributed by atoms with Gasteiger partial charge in [0.05, 0.1) is 12.4 Å². The number of benzene rings is 2. The Bertz CT molecular complexity index is 1290. The third-order valence-electron chi connectivity index (χ3n) is 8.28. The maximum absolute atomic E-state index is 6.14. The molecule has 2 heterocycles. The van der Waals surface area contributed by atoms with E-state index in [4.69, 9.17) is 20.7 Å². The lowest BCUT2D eigenvalue weighted by molar-refractivity contribution is 0.410. The van der Waals surface area contributed by atoms with Crippen LogP contribution in [0.2, 0.25) is 0 Å².